The Hall–Kier alpha value is -3.10. The molecule has 27 heavy (non-hydrogen) atoms. The first-order chi connectivity index (χ1) is 13.2. The van der Waals surface area contributed by atoms with Gasteiger partial charge in [-0.2, -0.15) is 5.26 Å². The van der Waals surface area contributed by atoms with Crippen LogP contribution in [-0.2, 0) is 11.3 Å². The van der Waals surface area contributed by atoms with Crippen LogP contribution >= 0.6 is 11.3 Å². The van der Waals surface area contributed by atoms with E-state index in [9.17, 15) is 4.79 Å². The Morgan fingerprint density at radius 2 is 1.85 bits per heavy atom. The third-order valence-electron chi connectivity index (χ3n) is 4.26. The summed E-state index contributed by atoms with van der Waals surface area (Å²) in [6.45, 7) is 3.39. The van der Waals surface area contributed by atoms with Gasteiger partial charge < -0.3 is 10.2 Å². The van der Waals surface area contributed by atoms with E-state index in [1.807, 2.05) is 23.6 Å². The molecule has 136 valence electrons. The minimum atomic E-state index is -0.0841. The van der Waals surface area contributed by atoms with Crippen LogP contribution in [0, 0.1) is 18.3 Å². The summed E-state index contributed by atoms with van der Waals surface area (Å²) in [5.41, 5.74) is 4.00. The molecular weight excluding hydrogens is 354 g/mol. The highest BCUT2D eigenvalue weighted by Crippen LogP contribution is 2.23. The molecule has 0 spiro atoms. The van der Waals surface area contributed by atoms with Crippen molar-refractivity contribution in [3.8, 4) is 6.07 Å². The predicted molar refractivity (Wildman–Crippen MR) is 111 cm³/mol. The molecular formula is C22H21N3OS. The van der Waals surface area contributed by atoms with Crippen molar-refractivity contribution in [2.75, 3.05) is 16.8 Å². The molecule has 0 aliphatic heterocycles. The number of thiophene rings is 1. The highest BCUT2D eigenvalue weighted by atomic mass is 32.1. The molecule has 0 radical (unpaired) electrons. The lowest BCUT2D eigenvalue weighted by Gasteiger charge is -2.25. The number of aryl methyl sites for hydroxylation is 1. The molecule has 0 bridgehead atoms. The highest BCUT2D eigenvalue weighted by Gasteiger charge is 2.12. The van der Waals surface area contributed by atoms with Gasteiger partial charge in [-0.3, -0.25) is 4.79 Å². The third kappa shape index (κ3) is 5.19. The van der Waals surface area contributed by atoms with Gasteiger partial charge in [0.25, 0.3) is 0 Å². The van der Waals surface area contributed by atoms with Crippen LogP contribution in [0.5, 0.6) is 0 Å². The number of carbonyl (C=O) groups is 1. The monoisotopic (exact) mass is 375 g/mol. The maximum atomic E-state index is 12.4. The number of rotatable bonds is 7. The van der Waals surface area contributed by atoms with Gasteiger partial charge in [-0.25, -0.2) is 0 Å². The number of nitrogens with zero attached hydrogens (tertiary/aromatic N) is 2. The molecule has 1 amide bonds. The Kier molecular flexibility index (Phi) is 6.24. The van der Waals surface area contributed by atoms with E-state index in [-0.39, 0.29) is 5.91 Å². The number of carbonyl (C=O) groups excluding carboxylic acids is 1. The summed E-state index contributed by atoms with van der Waals surface area (Å²) in [6.07, 6.45) is 0.351. The SMILES string of the molecule is Cc1ccc(N(CCC(=O)Nc2sccc2C#N)Cc2ccccc2)cc1. The normalized spacial score (nSPS) is 10.2. The third-order valence-corrected chi connectivity index (χ3v) is 5.09. The van der Waals surface area contributed by atoms with Crippen LogP contribution in [0.25, 0.3) is 0 Å². The van der Waals surface area contributed by atoms with Crippen molar-refractivity contribution < 1.29 is 4.79 Å². The van der Waals surface area contributed by atoms with Gasteiger partial charge in [-0.1, -0.05) is 48.0 Å². The Balaban J connectivity index is 1.68. The number of nitrogens with one attached hydrogen (secondary N) is 1. The first-order valence-corrected chi connectivity index (χ1v) is 9.66. The van der Waals surface area contributed by atoms with Crippen LogP contribution in [0.2, 0.25) is 0 Å². The molecule has 0 saturated heterocycles. The Morgan fingerprint density at radius 1 is 1.11 bits per heavy atom. The van der Waals surface area contributed by atoms with Crippen molar-refractivity contribution in [3.63, 3.8) is 0 Å². The van der Waals surface area contributed by atoms with Crippen molar-refractivity contribution in [2.24, 2.45) is 0 Å². The first kappa shape index (κ1) is 18.7. The lowest BCUT2D eigenvalue weighted by Crippen LogP contribution is -2.27. The van der Waals surface area contributed by atoms with Crippen molar-refractivity contribution in [1.82, 2.24) is 0 Å². The smallest absolute Gasteiger partial charge is 0.226 e. The van der Waals surface area contributed by atoms with Crippen LogP contribution in [-0.4, -0.2) is 12.5 Å². The summed E-state index contributed by atoms with van der Waals surface area (Å²) in [5.74, 6) is -0.0841. The van der Waals surface area contributed by atoms with Gasteiger partial charge in [0.1, 0.15) is 11.1 Å². The van der Waals surface area contributed by atoms with Crippen LogP contribution in [0.1, 0.15) is 23.1 Å². The van der Waals surface area contributed by atoms with E-state index in [2.05, 4.69) is 59.6 Å². The lowest BCUT2D eigenvalue weighted by atomic mass is 10.1. The van der Waals surface area contributed by atoms with E-state index in [4.69, 9.17) is 5.26 Å². The topological polar surface area (TPSA) is 56.1 Å². The van der Waals surface area contributed by atoms with Crippen molar-refractivity contribution in [2.45, 2.75) is 19.9 Å². The van der Waals surface area contributed by atoms with E-state index in [0.29, 0.717) is 23.5 Å². The number of hydrogen-bond acceptors (Lipinski definition) is 4. The predicted octanol–water partition coefficient (Wildman–Crippen LogP) is 4.96. The van der Waals surface area contributed by atoms with Crippen molar-refractivity contribution in [3.05, 3.63) is 82.7 Å². The first-order valence-electron chi connectivity index (χ1n) is 8.78. The minimum Gasteiger partial charge on any atom is -0.367 e. The molecule has 0 saturated carbocycles. The molecule has 0 aliphatic carbocycles. The molecule has 1 heterocycles. The molecule has 4 nitrogen and oxygen atoms in total. The lowest BCUT2D eigenvalue weighted by molar-refractivity contribution is -0.116. The second kappa shape index (κ2) is 9.02. The minimum absolute atomic E-state index is 0.0841. The summed E-state index contributed by atoms with van der Waals surface area (Å²) < 4.78 is 0. The standard InChI is InChI=1S/C22H21N3OS/c1-17-7-9-20(10-8-17)25(16-18-5-3-2-4-6-18)13-11-21(26)24-22-19(15-23)12-14-27-22/h2-10,12,14H,11,13,16H2,1H3,(H,24,26). The number of anilines is 2. The van der Waals surface area contributed by atoms with Gasteiger partial charge in [0, 0.05) is 25.2 Å². The van der Waals surface area contributed by atoms with Crippen LogP contribution in [0.15, 0.2) is 66.0 Å². The van der Waals surface area contributed by atoms with Gasteiger partial charge in [0.05, 0.1) is 5.56 Å². The average Bonchev–Trinajstić information content (AvgIpc) is 3.13. The van der Waals surface area contributed by atoms with Gasteiger partial charge in [0.15, 0.2) is 0 Å². The van der Waals surface area contributed by atoms with Gasteiger partial charge in [0.2, 0.25) is 5.91 Å². The summed E-state index contributed by atoms with van der Waals surface area (Å²) in [4.78, 5) is 14.6. The second-order valence-electron chi connectivity index (χ2n) is 6.32. The van der Waals surface area contributed by atoms with Crippen LogP contribution in [0.3, 0.4) is 0 Å². The fraction of sp³-hybridized carbons (Fsp3) is 0.182. The molecule has 2 aromatic carbocycles. The van der Waals surface area contributed by atoms with E-state index < -0.39 is 0 Å². The molecule has 1 aromatic heterocycles. The molecule has 1 N–H and O–H groups in total. The number of nitriles is 1. The number of benzene rings is 2. The quantitative estimate of drug-likeness (QED) is 0.635. The Labute approximate surface area is 163 Å². The van der Waals surface area contributed by atoms with E-state index in [1.54, 1.807) is 6.07 Å². The Morgan fingerprint density at radius 3 is 2.56 bits per heavy atom. The Bertz CT molecular complexity index is 926. The van der Waals surface area contributed by atoms with E-state index in [1.165, 1.54) is 22.5 Å². The molecule has 0 aliphatic rings. The summed E-state index contributed by atoms with van der Waals surface area (Å²) in [6, 6.07) is 22.4. The zero-order valence-electron chi connectivity index (χ0n) is 15.2. The fourth-order valence-electron chi connectivity index (χ4n) is 2.78. The van der Waals surface area contributed by atoms with E-state index in [0.717, 1.165) is 12.2 Å². The summed E-state index contributed by atoms with van der Waals surface area (Å²) >= 11 is 1.37. The second-order valence-corrected chi connectivity index (χ2v) is 7.23. The van der Waals surface area contributed by atoms with Gasteiger partial charge in [-0.05, 0) is 36.1 Å². The number of hydrogen-bond donors (Lipinski definition) is 1. The molecule has 0 atom stereocenters. The summed E-state index contributed by atoms with van der Waals surface area (Å²) in [5, 5.41) is 14.3. The molecule has 5 heteroatoms. The van der Waals surface area contributed by atoms with Crippen molar-refractivity contribution >= 4 is 27.9 Å². The molecule has 0 fully saturated rings. The van der Waals surface area contributed by atoms with Crippen molar-refractivity contribution in [1.29, 1.82) is 5.26 Å². The van der Waals surface area contributed by atoms with Crippen LogP contribution < -0.4 is 10.2 Å². The molecule has 3 rings (SSSR count). The fourth-order valence-corrected chi connectivity index (χ4v) is 3.53. The number of amides is 1. The molecule has 3 aromatic rings. The maximum absolute atomic E-state index is 12.4. The molecule has 0 unspecified atom stereocenters. The zero-order chi connectivity index (χ0) is 19.1. The average molecular weight is 375 g/mol. The van der Waals surface area contributed by atoms with Gasteiger partial charge >= 0.3 is 0 Å². The summed E-state index contributed by atoms with van der Waals surface area (Å²) in [7, 11) is 0. The van der Waals surface area contributed by atoms with Crippen LogP contribution in [0.4, 0.5) is 10.7 Å². The maximum Gasteiger partial charge on any atom is 0.226 e. The van der Waals surface area contributed by atoms with Gasteiger partial charge in [-0.15, -0.1) is 11.3 Å². The zero-order valence-corrected chi connectivity index (χ0v) is 16.0. The van der Waals surface area contributed by atoms with E-state index >= 15 is 0 Å². The highest BCUT2D eigenvalue weighted by molar-refractivity contribution is 7.14. The largest absolute Gasteiger partial charge is 0.367 e.